The van der Waals surface area contributed by atoms with Gasteiger partial charge in [-0.1, -0.05) is 12.1 Å². The molecule has 3 N–H and O–H groups in total. The second-order valence-electron chi connectivity index (χ2n) is 3.99. The molecule has 0 heterocycles. The van der Waals surface area contributed by atoms with Gasteiger partial charge in [0.05, 0.1) is 6.04 Å². The average Bonchev–Trinajstić information content (AvgIpc) is 2.18. The van der Waals surface area contributed by atoms with Crippen molar-refractivity contribution in [3.63, 3.8) is 0 Å². The number of benzene rings is 1. The van der Waals surface area contributed by atoms with E-state index in [9.17, 15) is 4.39 Å². The second-order valence-corrected chi connectivity index (χ2v) is 3.99. The van der Waals surface area contributed by atoms with Gasteiger partial charge in [0, 0.05) is 6.54 Å². The van der Waals surface area contributed by atoms with E-state index in [0.29, 0.717) is 5.56 Å². The normalized spacial score (nSPS) is 13.2. The molecule has 0 aliphatic carbocycles. The highest BCUT2D eigenvalue weighted by molar-refractivity contribution is 5.26. The lowest BCUT2D eigenvalue weighted by Crippen LogP contribution is -2.35. The topological polar surface area (TPSA) is 41.3 Å². The molecule has 3 nitrogen and oxygen atoms in total. The lowest BCUT2D eigenvalue weighted by molar-refractivity contribution is 0.344. The van der Waals surface area contributed by atoms with Crippen molar-refractivity contribution in [3.05, 3.63) is 35.1 Å². The van der Waals surface area contributed by atoms with Crippen LogP contribution in [0.5, 0.6) is 0 Å². The third-order valence-corrected chi connectivity index (χ3v) is 2.33. The van der Waals surface area contributed by atoms with Crippen molar-refractivity contribution in [2.24, 2.45) is 5.84 Å². The van der Waals surface area contributed by atoms with Crippen molar-refractivity contribution in [3.8, 4) is 0 Å². The maximum Gasteiger partial charge on any atom is 0.126 e. The van der Waals surface area contributed by atoms with Crippen LogP contribution in [0.4, 0.5) is 4.39 Å². The van der Waals surface area contributed by atoms with Crippen molar-refractivity contribution in [1.82, 2.24) is 10.3 Å². The fourth-order valence-electron chi connectivity index (χ4n) is 1.50. The maximum absolute atomic E-state index is 13.1. The minimum absolute atomic E-state index is 0.0271. The molecule has 0 saturated heterocycles. The van der Waals surface area contributed by atoms with E-state index in [4.69, 9.17) is 5.84 Å². The van der Waals surface area contributed by atoms with Gasteiger partial charge in [0.15, 0.2) is 0 Å². The first-order chi connectivity index (χ1) is 7.04. The molecule has 0 aliphatic rings. The van der Waals surface area contributed by atoms with Gasteiger partial charge >= 0.3 is 0 Å². The fourth-order valence-corrected chi connectivity index (χ4v) is 1.50. The Morgan fingerprint density at radius 1 is 1.47 bits per heavy atom. The molecule has 0 bridgehead atoms. The Hall–Kier alpha value is -0.970. The molecule has 0 amide bonds. The number of nitrogens with zero attached hydrogens (tertiary/aromatic N) is 1. The van der Waals surface area contributed by atoms with Gasteiger partial charge in [-0.2, -0.15) is 0 Å². The van der Waals surface area contributed by atoms with E-state index < -0.39 is 0 Å². The number of rotatable bonds is 4. The van der Waals surface area contributed by atoms with Crippen LogP contribution in [-0.2, 0) is 0 Å². The molecular formula is C11H18FN3. The Bertz CT molecular complexity index is 326. The number of nitrogens with two attached hydrogens (primary N) is 1. The van der Waals surface area contributed by atoms with Crippen LogP contribution in [0.25, 0.3) is 0 Å². The smallest absolute Gasteiger partial charge is 0.126 e. The Kier molecular flexibility index (Phi) is 4.20. The Labute approximate surface area is 90.0 Å². The maximum atomic E-state index is 13.1. The zero-order chi connectivity index (χ0) is 11.4. The lowest BCUT2D eigenvalue weighted by Gasteiger charge is -2.21. The van der Waals surface area contributed by atoms with Crippen molar-refractivity contribution in [2.75, 3.05) is 20.6 Å². The summed E-state index contributed by atoms with van der Waals surface area (Å²) in [5, 5.41) is 0. The molecule has 15 heavy (non-hydrogen) atoms. The summed E-state index contributed by atoms with van der Waals surface area (Å²) in [6, 6.07) is 5.09. The van der Waals surface area contributed by atoms with Crippen LogP contribution < -0.4 is 11.3 Å². The number of nitrogens with one attached hydrogen (secondary N) is 1. The van der Waals surface area contributed by atoms with E-state index >= 15 is 0 Å². The van der Waals surface area contributed by atoms with Gasteiger partial charge in [0.1, 0.15) is 5.82 Å². The van der Waals surface area contributed by atoms with Gasteiger partial charge in [0.2, 0.25) is 0 Å². The Balaban J connectivity index is 2.87. The van der Waals surface area contributed by atoms with Gasteiger partial charge in [-0.3, -0.25) is 11.3 Å². The van der Waals surface area contributed by atoms with E-state index in [0.717, 1.165) is 12.1 Å². The first-order valence-electron chi connectivity index (χ1n) is 4.91. The summed E-state index contributed by atoms with van der Waals surface area (Å²) < 4.78 is 13.1. The largest absolute Gasteiger partial charge is 0.307 e. The van der Waals surface area contributed by atoms with E-state index in [1.54, 1.807) is 13.0 Å². The van der Waals surface area contributed by atoms with Gasteiger partial charge < -0.3 is 4.90 Å². The van der Waals surface area contributed by atoms with Crippen molar-refractivity contribution in [1.29, 1.82) is 0 Å². The Morgan fingerprint density at radius 2 is 2.13 bits per heavy atom. The first kappa shape index (κ1) is 12.1. The lowest BCUT2D eigenvalue weighted by atomic mass is 10.0. The molecule has 0 radical (unpaired) electrons. The zero-order valence-corrected chi connectivity index (χ0v) is 9.42. The SMILES string of the molecule is Cc1cc(C(CN(C)C)NN)ccc1F. The second kappa shape index (κ2) is 5.21. The minimum atomic E-state index is -0.181. The molecule has 1 atom stereocenters. The predicted molar refractivity (Wildman–Crippen MR) is 59.8 cm³/mol. The van der Waals surface area contributed by atoms with Crippen LogP contribution in [0, 0.1) is 12.7 Å². The van der Waals surface area contributed by atoms with E-state index in [1.165, 1.54) is 6.07 Å². The fraction of sp³-hybridized carbons (Fsp3) is 0.455. The van der Waals surface area contributed by atoms with Gasteiger partial charge in [-0.25, -0.2) is 4.39 Å². The molecule has 0 aromatic heterocycles. The number of hydrogen-bond donors (Lipinski definition) is 2. The first-order valence-corrected chi connectivity index (χ1v) is 4.91. The average molecular weight is 211 g/mol. The van der Waals surface area contributed by atoms with Gasteiger partial charge in [-0.15, -0.1) is 0 Å². The number of hydrazine groups is 1. The third kappa shape index (κ3) is 3.27. The summed E-state index contributed by atoms with van der Waals surface area (Å²) in [4.78, 5) is 2.03. The highest BCUT2D eigenvalue weighted by Crippen LogP contribution is 2.16. The van der Waals surface area contributed by atoms with E-state index in [2.05, 4.69) is 5.43 Å². The number of hydrogen-bond acceptors (Lipinski definition) is 3. The van der Waals surface area contributed by atoms with Gasteiger partial charge in [0.25, 0.3) is 0 Å². The van der Waals surface area contributed by atoms with Crippen molar-refractivity contribution < 1.29 is 4.39 Å². The summed E-state index contributed by atoms with van der Waals surface area (Å²) in [7, 11) is 3.95. The van der Waals surface area contributed by atoms with Crippen LogP contribution in [0.15, 0.2) is 18.2 Å². The summed E-state index contributed by atoms with van der Waals surface area (Å²) in [6.07, 6.45) is 0. The monoisotopic (exact) mass is 211 g/mol. The molecule has 1 aromatic rings. The quantitative estimate of drug-likeness (QED) is 0.581. The molecule has 1 rings (SSSR count). The van der Waals surface area contributed by atoms with Gasteiger partial charge in [-0.05, 0) is 38.2 Å². The zero-order valence-electron chi connectivity index (χ0n) is 9.42. The molecule has 84 valence electrons. The molecule has 0 fully saturated rings. The van der Waals surface area contributed by atoms with Crippen molar-refractivity contribution >= 4 is 0 Å². The third-order valence-electron chi connectivity index (χ3n) is 2.33. The van der Waals surface area contributed by atoms with E-state index in [-0.39, 0.29) is 11.9 Å². The summed E-state index contributed by atoms with van der Waals surface area (Å²) in [5.41, 5.74) is 4.38. The number of likely N-dealkylation sites (N-methyl/N-ethyl adjacent to an activating group) is 1. The van der Waals surface area contributed by atoms with Crippen LogP contribution in [0.2, 0.25) is 0 Å². The molecule has 0 spiro atoms. The Morgan fingerprint density at radius 3 is 2.60 bits per heavy atom. The highest BCUT2D eigenvalue weighted by Gasteiger charge is 2.11. The number of aryl methyl sites for hydroxylation is 1. The summed E-state index contributed by atoms with van der Waals surface area (Å²) in [5.74, 6) is 5.29. The summed E-state index contributed by atoms with van der Waals surface area (Å²) >= 11 is 0. The molecule has 0 saturated carbocycles. The standard InChI is InChI=1S/C11H18FN3/c1-8-6-9(4-5-10(8)12)11(14-13)7-15(2)3/h4-6,11,14H,7,13H2,1-3H3. The van der Waals surface area contributed by atoms with Crippen LogP contribution in [-0.4, -0.2) is 25.5 Å². The van der Waals surface area contributed by atoms with Crippen LogP contribution >= 0.6 is 0 Å². The molecule has 4 heteroatoms. The highest BCUT2D eigenvalue weighted by atomic mass is 19.1. The summed E-state index contributed by atoms with van der Waals surface area (Å²) in [6.45, 7) is 2.53. The van der Waals surface area contributed by atoms with Crippen molar-refractivity contribution in [2.45, 2.75) is 13.0 Å². The van der Waals surface area contributed by atoms with Crippen LogP contribution in [0.3, 0.4) is 0 Å². The molecule has 1 unspecified atom stereocenters. The van der Waals surface area contributed by atoms with E-state index in [1.807, 2.05) is 25.1 Å². The molecule has 0 aliphatic heterocycles. The molecule has 1 aromatic carbocycles. The predicted octanol–water partition coefficient (Wildman–Crippen LogP) is 1.20. The number of halogens is 1. The molecular weight excluding hydrogens is 193 g/mol. The van der Waals surface area contributed by atoms with Crippen LogP contribution in [0.1, 0.15) is 17.2 Å². The minimum Gasteiger partial charge on any atom is -0.307 e.